The lowest BCUT2D eigenvalue weighted by molar-refractivity contribution is -0.142. The van der Waals surface area contributed by atoms with Crippen LogP contribution in [-0.2, 0) is 16.1 Å². The predicted molar refractivity (Wildman–Crippen MR) is 88.6 cm³/mol. The number of ether oxygens (including phenoxy) is 1. The molecule has 1 aromatic rings. The molecule has 0 aliphatic carbocycles. The number of carbonyl (C=O) groups is 1. The molecule has 0 amide bonds. The third-order valence-electron chi connectivity index (χ3n) is 4.74. The summed E-state index contributed by atoms with van der Waals surface area (Å²) in [5.74, 6) is -0.309. The quantitative estimate of drug-likeness (QED) is 0.849. The van der Waals surface area contributed by atoms with E-state index in [1.165, 1.54) is 36.6 Å². The number of hydrogen-bond donors (Lipinski definition) is 1. The van der Waals surface area contributed by atoms with Crippen LogP contribution in [0.4, 0.5) is 0 Å². The number of esters is 1. The highest BCUT2D eigenvalue weighted by Crippen LogP contribution is 2.23. The second kappa shape index (κ2) is 7.75. The van der Waals surface area contributed by atoms with Gasteiger partial charge in [-0.2, -0.15) is 0 Å². The molecule has 4 nitrogen and oxygen atoms in total. The molecule has 0 saturated carbocycles. The SMILES string of the molecule is COC(=O)C(N)CC1CCCCN1Cc1ccc(C)c(C)c1. The standard InChI is InChI=1S/C18H28N2O2/c1-13-7-8-15(10-14(13)2)12-20-9-5-4-6-16(20)11-17(19)18(21)22-3/h7-8,10,16-17H,4-6,9,11-12,19H2,1-3H3. The number of likely N-dealkylation sites (tertiary alicyclic amines) is 1. The normalized spacial score (nSPS) is 20.6. The molecule has 2 atom stereocenters. The van der Waals surface area contributed by atoms with E-state index in [0.717, 1.165) is 19.5 Å². The Morgan fingerprint density at radius 1 is 1.36 bits per heavy atom. The van der Waals surface area contributed by atoms with Gasteiger partial charge in [-0.05, 0) is 56.3 Å². The van der Waals surface area contributed by atoms with Gasteiger partial charge in [-0.25, -0.2) is 0 Å². The Bertz CT molecular complexity index is 516. The van der Waals surface area contributed by atoms with Crippen LogP contribution in [0.25, 0.3) is 0 Å². The monoisotopic (exact) mass is 304 g/mol. The van der Waals surface area contributed by atoms with Gasteiger partial charge >= 0.3 is 5.97 Å². The number of nitrogens with zero attached hydrogens (tertiary/aromatic N) is 1. The Balaban J connectivity index is 2.02. The van der Waals surface area contributed by atoms with Gasteiger partial charge in [0.05, 0.1) is 7.11 Å². The summed E-state index contributed by atoms with van der Waals surface area (Å²) in [6.07, 6.45) is 4.21. The summed E-state index contributed by atoms with van der Waals surface area (Å²) in [4.78, 5) is 14.0. The van der Waals surface area contributed by atoms with Crippen molar-refractivity contribution in [3.05, 3.63) is 34.9 Å². The molecule has 1 aliphatic heterocycles. The minimum Gasteiger partial charge on any atom is -0.468 e. The minimum absolute atomic E-state index is 0.309. The molecular weight excluding hydrogens is 276 g/mol. The van der Waals surface area contributed by atoms with E-state index in [0.29, 0.717) is 12.5 Å². The first kappa shape index (κ1) is 17.0. The summed E-state index contributed by atoms with van der Waals surface area (Å²) in [5.41, 5.74) is 9.95. The van der Waals surface area contributed by atoms with Gasteiger partial charge in [0.25, 0.3) is 0 Å². The maximum Gasteiger partial charge on any atom is 0.322 e. The van der Waals surface area contributed by atoms with E-state index >= 15 is 0 Å². The Hall–Kier alpha value is -1.39. The molecule has 1 fully saturated rings. The first-order valence-corrected chi connectivity index (χ1v) is 8.15. The van der Waals surface area contributed by atoms with E-state index < -0.39 is 6.04 Å². The Kier molecular flexibility index (Phi) is 5.98. The lowest BCUT2D eigenvalue weighted by atomic mass is 9.95. The molecule has 2 N–H and O–H groups in total. The Morgan fingerprint density at radius 2 is 2.14 bits per heavy atom. The van der Waals surface area contributed by atoms with E-state index in [-0.39, 0.29) is 5.97 Å². The Morgan fingerprint density at radius 3 is 2.82 bits per heavy atom. The summed E-state index contributed by atoms with van der Waals surface area (Å²) < 4.78 is 4.75. The number of methoxy groups -OCH3 is 1. The number of nitrogens with two attached hydrogens (primary N) is 1. The van der Waals surface area contributed by atoms with Crippen molar-refractivity contribution in [2.24, 2.45) is 5.73 Å². The van der Waals surface area contributed by atoms with Crippen molar-refractivity contribution in [2.45, 2.75) is 58.2 Å². The zero-order chi connectivity index (χ0) is 16.1. The summed E-state index contributed by atoms with van der Waals surface area (Å²) in [6, 6.07) is 6.50. The fourth-order valence-corrected chi connectivity index (χ4v) is 3.21. The molecule has 4 heteroatoms. The maximum atomic E-state index is 11.6. The number of aryl methyl sites for hydroxylation is 2. The van der Waals surface area contributed by atoms with Gasteiger partial charge in [0.1, 0.15) is 6.04 Å². The highest BCUT2D eigenvalue weighted by Gasteiger charge is 2.27. The van der Waals surface area contributed by atoms with Crippen molar-refractivity contribution in [3.63, 3.8) is 0 Å². The molecule has 2 rings (SSSR count). The van der Waals surface area contributed by atoms with Crippen LogP contribution in [0.15, 0.2) is 18.2 Å². The Labute approximate surface area is 133 Å². The third kappa shape index (κ3) is 4.31. The van der Waals surface area contributed by atoms with Gasteiger partial charge in [-0.15, -0.1) is 0 Å². The first-order chi connectivity index (χ1) is 10.5. The second-order valence-electron chi connectivity index (χ2n) is 6.40. The number of hydrogen-bond acceptors (Lipinski definition) is 4. The summed E-state index contributed by atoms with van der Waals surface area (Å²) in [5, 5.41) is 0. The van der Waals surface area contributed by atoms with Gasteiger partial charge in [0, 0.05) is 12.6 Å². The van der Waals surface area contributed by atoms with Crippen LogP contribution in [0, 0.1) is 13.8 Å². The molecule has 0 bridgehead atoms. The lowest BCUT2D eigenvalue weighted by Gasteiger charge is -2.36. The van der Waals surface area contributed by atoms with Crippen molar-refractivity contribution in [1.82, 2.24) is 4.90 Å². The van der Waals surface area contributed by atoms with Crippen molar-refractivity contribution >= 4 is 5.97 Å². The van der Waals surface area contributed by atoms with Crippen LogP contribution in [0.5, 0.6) is 0 Å². The third-order valence-corrected chi connectivity index (χ3v) is 4.74. The van der Waals surface area contributed by atoms with E-state index in [4.69, 9.17) is 10.5 Å². The molecule has 0 aromatic heterocycles. The lowest BCUT2D eigenvalue weighted by Crippen LogP contribution is -2.45. The van der Waals surface area contributed by atoms with E-state index in [9.17, 15) is 4.79 Å². The molecule has 22 heavy (non-hydrogen) atoms. The van der Waals surface area contributed by atoms with E-state index in [1.54, 1.807) is 0 Å². The average molecular weight is 304 g/mol. The summed E-state index contributed by atoms with van der Waals surface area (Å²) in [6.45, 7) is 6.29. The summed E-state index contributed by atoms with van der Waals surface area (Å²) >= 11 is 0. The maximum absolute atomic E-state index is 11.6. The van der Waals surface area contributed by atoms with E-state index in [2.05, 4.69) is 36.9 Å². The average Bonchev–Trinajstić information content (AvgIpc) is 2.52. The van der Waals surface area contributed by atoms with Crippen molar-refractivity contribution in [1.29, 1.82) is 0 Å². The molecule has 1 saturated heterocycles. The molecule has 1 aliphatic rings. The topological polar surface area (TPSA) is 55.6 Å². The van der Waals surface area contributed by atoms with Crippen molar-refractivity contribution < 1.29 is 9.53 Å². The van der Waals surface area contributed by atoms with Crippen molar-refractivity contribution in [2.75, 3.05) is 13.7 Å². The van der Waals surface area contributed by atoms with Crippen LogP contribution in [0.3, 0.4) is 0 Å². The molecule has 0 radical (unpaired) electrons. The highest BCUT2D eigenvalue weighted by molar-refractivity contribution is 5.75. The molecule has 122 valence electrons. The number of carbonyl (C=O) groups excluding carboxylic acids is 1. The molecule has 1 aromatic carbocycles. The van der Waals surface area contributed by atoms with Crippen LogP contribution in [-0.4, -0.2) is 36.6 Å². The second-order valence-corrected chi connectivity index (χ2v) is 6.40. The van der Waals surface area contributed by atoms with Gasteiger partial charge in [0.15, 0.2) is 0 Å². The van der Waals surface area contributed by atoms with Crippen LogP contribution in [0.1, 0.15) is 42.4 Å². The van der Waals surface area contributed by atoms with Crippen LogP contribution in [0.2, 0.25) is 0 Å². The van der Waals surface area contributed by atoms with Gasteiger partial charge in [-0.1, -0.05) is 24.6 Å². The fraction of sp³-hybridized carbons (Fsp3) is 0.611. The zero-order valence-electron chi connectivity index (χ0n) is 14.0. The largest absolute Gasteiger partial charge is 0.468 e. The number of benzene rings is 1. The predicted octanol–water partition coefficient (Wildman–Crippen LogP) is 2.55. The number of piperidine rings is 1. The van der Waals surface area contributed by atoms with Gasteiger partial charge in [-0.3, -0.25) is 9.69 Å². The van der Waals surface area contributed by atoms with Crippen LogP contribution < -0.4 is 5.73 Å². The van der Waals surface area contributed by atoms with Gasteiger partial charge in [0.2, 0.25) is 0 Å². The highest BCUT2D eigenvalue weighted by atomic mass is 16.5. The molecule has 2 unspecified atom stereocenters. The smallest absolute Gasteiger partial charge is 0.322 e. The van der Waals surface area contributed by atoms with Gasteiger partial charge < -0.3 is 10.5 Å². The molecular formula is C18H28N2O2. The molecule has 0 spiro atoms. The minimum atomic E-state index is -0.518. The van der Waals surface area contributed by atoms with Crippen LogP contribution >= 0.6 is 0 Å². The van der Waals surface area contributed by atoms with Crippen molar-refractivity contribution in [3.8, 4) is 0 Å². The van der Waals surface area contributed by atoms with E-state index in [1.807, 2.05) is 0 Å². The first-order valence-electron chi connectivity index (χ1n) is 8.15. The zero-order valence-corrected chi connectivity index (χ0v) is 14.0. The summed E-state index contributed by atoms with van der Waals surface area (Å²) in [7, 11) is 1.40. The molecule has 1 heterocycles. The number of rotatable bonds is 5. The fourth-order valence-electron chi connectivity index (χ4n) is 3.21.